The number of benzene rings is 1. The quantitative estimate of drug-likeness (QED) is 0.777. The van der Waals surface area contributed by atoms with E-state index in [1.165, 1.54) is 18.2 Å². The third kappa shape index (κ3) is 4.32. The Hall–Kier alpha value is -2.35. The average molecular weight is 377 g/mol. The van der Waals surface area contributed by atoms with Crippen LogP contribution in [0.25, 0.3) is 0 Å². The molecule has 0 saturated carbocycles. The molecular formula is C19H25F2N5O. The van der Waals surface area contributed by atoms with Crippen molar-refractivity contribution in [3.63, 3.8) is 0 Å². The summed E-state index contributed by atoms with van der Waals surface area (Å²) in [6.45, 7) is 6.68. The maximum atomic E-state index is 13.9. The Morgan fingerprint density at radius 3 is 2.63 bits per heavy atom. The first-order valence-corrected chi connectivity index (χ1v) is 9.39. The lowest BCUT2D eigenvalue weighted by molar-refractivity contribution is 0.0767. The van der Waals surface area contributed by atoms with E-state index in [1.807, 2.05) is 18.7 Å². The van der Waals surface area contributed by atoms with Crippen LogP contribution in [0.5, 0.6) is 0 Å². The van der Waals surface area contributed by atoms with E-state index in [4.69, 9.17) is 0 Å². The van der Waals surface area contributed by atoms with Crippen molar-refractivity contribution in [2.24, 2.45) is 0 Å². The summed E-state index contributed by atoms with van der Waals surface area (Å²) in [6, 6.07) is 3.96. The summed E-state index contributed by atoms with van der Waals surface area (Å²) in [4.78, 5) is 16.1. The SMILES string of the molecule is CCN(CC)C(=O)c1cn([C@@H]2CCCN(Cc3c(F)cccc3F)C2)nn1. The molecule has 1 saturated heterocycles. The first-order valence-electron chi connectivity index (χ1n) is 9.39. The van der Waals surface area contributed by atoms with Crippen LogP contribution in [-0.2, 0) is 6.54 Å². The fourth-order valence-electron chi connectivity index (χ4n) is 3.52. The lowest BCUT2D eigenvalue weighted by Gasteiger charge is -2.32. The largest absolute Gasteiger partial charge is 0.338 e. The molecule has 146 valence electrons. The van der Waals surface area contributed by atoms with Gasteiger partial charge in [-0.3, -0.25) is 9.69 Å². The smallest absolute Gasteiger partial charge is 0.276 e. The maximum Gasteiger partial charge on any atom is 0.276 e. The minimum atomic E-state index is -0.523. The van der Waals surface area contributed by atoms with Gasteiger partial charge in [0.15, 0.2) is 5.69 Å². The molecule has 0 bridgehead atoms. The molecule has 2 aromatic rings. The Labute approximate surface area is 157 Å². The first kappa shape index (κ1) is 19.4. The number of nitrogens with zero attached hydrogens (tertiary/aromatic N) is 5. The molecule has 6 nitrogen and oxygen atoms in total. The monoisotopic (exact) mass is 377 g/mol. The van der Waals surface area contributed by atoms with Crippen LogP contribution in [0.4, 0.5) is 8.78 Å². The Morgan fingerprint density at radius 1 is 1.26 bits per heavy atom. The second kappa shape index (κ2) is 8.56. The van der Waals surface area contributed by atoms with E-state index in [0.717, 1.165) is 19.4 Å². The number of amides is 1. The van der Waals surface area contributed by atoms with Crippen LogP contribution in [0.15, 0.2) is 24.4 Å². The summed E-state index contributed by atoms with van der Waals surface area (Å²) >= 11 is 0. The zero-order valence-corrected chi connectivity index (χ0v) is 15.7. The van der Waals surface area contributed by atoms with E-state index in [9.17, 15) is 13.6 Å². The van der Waals surface area contributed by atoms with Gasteiger partial charge in [-0.2, -0.15) is 0 Å². The fraction of sp³-hybridized carbons (Fsp3) is 0.526. The topological polar surface area (TPSA) is 54.3 Å². The molecule has 0 N–H and O–H groups in total. The molecule has 1 aromatic heterocycles. The molecule has 3 rings (SSSR count). The molecule has 0 spiro atoms. The fourth-order valence-corrected chi connectivity index (χ4v) is 3.52. The third-order valence-electron chi connectivity index (χ3n) is 5.08. The van der Waals surface area contributed by atoms with Gasteiger partial charge < -0.3 is 4.90 Å². The van der Waals surface area contributed by atoms with Crippen molar-refractivity contribution in [3.8, 4) is 0 Å². The van der Waals surface area contributed by atoms with Crippen LogP contribution in [0, 0.1) is 11.6 Å². The Kier molecular flexibility index (Phi) is 6.15. The number of aromatic nitrogens is 3. The molecule has 1 amide bonds. The normalized spacial score (nSPS) is 17.9. The zero-order chi connectivity index (χ0) is 19.4. The van der Waals surface area contributed by atoms with E-state index < -0.39 is 11.6 Å². The predicted molar refractivity (Wildman–Crippen MR) is 97.2 cm³/mol. The number of hydrogen-bond acceptors (Lipinski definition) is 4. The standard InChI is InChI=1S/C19H25F2N5O/c1-3-25(4-2)19(27)18-13-26(23-22-18)14-7-6-10-24(11-14)12-15-16(20)8-5-9-17(15)21/h5,8-9,13-14H,3-4,6-7,10-12H2,1-2H3/t14-/m1/s1. The highest BCUT2D eigenvalue weighted by molar-refractivity contribution is 5.91. The van der Waals surface area contributed by atoms with Crippen LogP contribution in [0.1, 0.15) is 48.8 Å². The van der Waals surface area contributed by atoms with Gasteiger partial charge in [-0.05, 0) is 45.4 Å². The molecule has 1 aliphatic rings. The van der Waals surface area contributed by atoms with Crippen molar-refractivity contribution in [1.29, 1.82) is 0 Å². The summed E-state index contributed by atoms with van der Waals surface area (Å²) < 4.78 is 29.6. The highest BCUT2D eigenvalue weighted by Gasteiger charge is 2.25. The molecular weight excluding hydrogens is 352 g/mol. The number of hydrogen-bond donors (Lipinski definition) is 0. The van der Waals surface area contributed by atoms with Gasteiger partial charge in [0.25, 0.3) is 5.91 Å². The van der Waals surface area contributed by atoms with Crippen LogP contribution in [0.3, 0.4) is 0 Å². The van der Waals surface area contributed by atoms with E-state index >= 15 is 0 Å². The molecule has 0 aliphatic carbocycles. The van der Waals surface area contributed by atoms with Gasteiger partial charge in [0.1, 0.15) is 11.6 Å². The van der Waals surface area contributed by atoms with Crippen LogP contribution < -0.4 is 0 Å². The van der Waals surface area contributed by atoms with E-state index in [0.29, 0.717) is 25.3 Å². The van der Waals surface area contributed by atoms with Gasteiger partial charge in [-0.25, -0.2) is 13.5 Å². The Bertz CT molecular complexity index is 770. The lowest BCUT2D eigenvalue weighted by Crippen LogP contribution is -2.36. The van der Waals surface area contributed by atoms with Gasteiger partial charge in [0, 0.05) is 31.7 Å². The molecule has 1 aromatic carbocycles. The summed E-state index contributed by atoms with van der Waals surface area (Å²) in [5.74, 6) is -1.18. The minimum Gasteiger partial charge on any atom is -0.338 e. The van der Waals surface area contributed by atoms with Crippen molar-refractivity contribution in [2.75, 3.05) is 26.2 Å². The van der Waals surface area contributed by atoms with Gasteiger partial charge >= 0.3 is 0 Å². The molecule has 0 unspecified atom stereocenters. The van der Waals surface area contributed by atoms with Gasteiger partial charge in [0.2, 0.25) is 0 Å². The van der Waals surface area contributed by atoms with Gasteiger partial charge in [-0.15, -0.1) is 5.10 Å². The molecule has 1 fully saturated rings. The van der Waals surface area contributed by atoms with Crippen molar-refractivity contribution in [2.45, 2.75) is 39.3 Å². The number of likely N-dealkylation sites (tertiary alicyclic amines) is 1. The molecule has 1 aliphatic heterocycles. The van der Waals surface area contributed by atoms with Gasteiger partial charge in [-0.1, -0.05) is 11.3 Å². The first-order chi connectivity index (χ1) is 13.0. The third-order valence-corrected chi connectivity index (χ3v) is 5.08. The molecule has 1 atom stereocenters. The Balaban J connectivity index is 1.69. The van der Waals surface area contributed by atoms with E-state index in [2.05, 4.69) is 10.3 Å². The highest BCUT2D eigenvalue weighted by Crippen LogP contribution is 2.24. The summed E-state index contributed by atoms with van der Waals surface area (Å²) in [5.41, 5.74) is 0.421. The summed E-state index contributed by atoms with van der Waals surface area (Å²) in [6.07, 6.45) is 3.46. The number of rotatable bonds is 6. The second-order valence-electron chi connectivity index (χ2n) is 6.79. The molecule has 8 heteroatoms. The molecule has 2 heterocycles. The number of carbonyl (C=O) groups is 1. The van der Waals surface area contributed by atoms with Crippen molar-refractivity contribution in [1.82, 2.24) is 24.8 Å². The zero-order valence-electron chi connectivity index (χ0n) is 15.7. The van der Waals surface area contributed by atoms with Crippen molar-refractivity contribution >= 4 is 5.91 Å². The highest BCUT2D eigenvalue weighted by atomic mass is 19.1. The second-order valence-corrected chi connectivity index (χ2v) is 6.79. The Morgan fingerprint density at radius 2 is 1.96 bits per heavy atom. The maximum absolute atomic E-state index is 13.9. The number of piperidine rings is 1. The van der Waals surface area contributed by atoms with Crippen LogP contribution in [0.2, 0.25) is 0 Å². The molecule has 0 radical (unpaired) electrons. The van der Waals surface area contributed by atoms with E-state index in [-0.39, 0.29) is 24.1 Å². The number of carbonyl (C=O) groups excluding carboxylic acids is 1. The van der Waals surface area contributed by atoms with Crippen molar-refractivity contribution < 1.29 is 13.6 Å². The lowest BCUT2D eigenvalue weighted by atomic mass is 10.0. The van der Waals surface area contributed by atoms with Crippen molar-refractivity contribution in [3.05, 3.63) is 47.3 Å². The van der Waals surface area contributed by atoms with Gasteiger partial charge in [0.05, 0.1) is 12.2 Å². The number of halogens is 2. The predicted octanol–water partition coefficient (Wildman–Crippen LogP) is 2.88. The minimum absolute atomic E-state index is 0.0272. The van der Waals surface area contributed by atoms with Crippen LogP contribution in [-0.4, -0.2) is 56.9 Å². The summed E-state index contributed by atoms with van der Waals surface area (Å²) in [5, 5.41) is 8.16. The molecule has 27 heavy (non-hydrogen) atoms. The van der Waals surface area contributed by atoms with E-state index in [1.54, 1.807) is 15.8 Å². The summed E-state index contributed by atoms with van der Waals surface area (Å²) in [7, 11) is 0. The average Bonchev–Trinajstić information content (AvgIpc) is 3.16. The van der Waals surface area contributed by atoms with Crippen LogP contribution >= 0.6 is 0 Å².